The molecule has 1 aromatic heterocycles. The molecule has 0 amide bonds. The summed E-state index contributed by atoms with van der Waals surface area (Å²) in [5.41, 5.74) is 0. The van der Waals surface area contributed by atoms with Crippen molar-refractivity contribution < 1.29 is 0 Å². The predicted molar refractivity (Wildman–Crippen MR) is 98.1 cm³/mol. The highest BCUT2D eigenvalue weighted by atomic mass is 15.3. The monoisotopic (exact) mass is 335 g/mol. The highest BCUT2D eigenvalue weighted by Gasteiger charge is 2.17. The van der Waals surface area contributed by atoms with Gasteiger partial charge in [0.05, 0.1) is 0 Å². The van der Waals surface area contributed by atoms with Crippen LogP contribution in [0.25, 0.3) is 0 Å². The van der Waals surface area contributed by atoms with Gasteiger partial charge in [-0.2, -0.15) is 0 Å². The van der Waals surface area contributed by atoms with E-state index in [4.69, 9.17) is 0 Å². The Morgan fingerprint density at radius 2 is 1.96 bits per heavy atom. The molecule has 0 aliphatic carbocycles. The van der Waals surface area contributed by atoms with Crippen LogP contribution < -0.4 is 10.6 Å². The number of aliphatic imine (C=N–C) groups is 1. The maximum atomic E-state index is 4.67. The third-order valence-corrected chi connectivity index (χ3v) is 4.40. The SMILES string of the molecule is CCNC(=NCc1nnc2n1CCC2)NCCN(C(C)C)C(C)C. The number of nitrogens with zero attached hydrogens (tertiary/aromatic N) is 5. The van der Waals surface area contributed by atoms with E-state index >= 15 is 0 Å². The second-order valence-electron chi connectivity index (χ2n) is 6.83. The maximum absolute atomic E-state index is 4.67. The van der Waals surface area contributed by atoms with Gasteiger partial charge in [0.15, 0.2) is 11.8 Å². The molecule has 24 heavy (non-hydrogen) atoms. The Kier molecular flexibility index (Phi) is 7.02. The van der Waals surface area contributed by atoms with E-state index in [1.165, 1.54) is 6.42 Å². The van der Waals surface area contributed by atoms with Crippen LogP contribution in [-0.4, -0.2) is 57.3 Å². The van der Waals surface area contributed by atoms with Gasteiger partial charge in [-0.05, 0) is 41.0 Å². The van der Waals surface area contributed by atoms with Crippen LogP contribution in [-0.2, 0) is 19.5 Å². The number of aromatic nitrogens is 3. The van der Waals surface area contributed by atoms with Gasteiger partial charge in [-0.1, -0.05) is 0 Å². The summed E-state index contributed by atoms with van der Waals surface area (Å²) in [6.07, 6.45) is 2.20. The molecule has 7 nitrogen and oxygen atoms in total. The van der Waals surface area contributed by atoms with E-state index in [1.807, 2.05) is 0 Å². The molecule has 2 heterocycles. The zero-order chi connectivity index (χ0) is 17.5. The van der Waals surface area contributed by atoms with Crippen molar-refractivity contribution in [2.24, 2.45) is 4.99 Å². The molecule has 0 fully saturated rings. The van der Waals surface area contributed by atoms with Crippen molar-refractivity contribution in [3.05, 3.63) is 11.6 Å². The van der Waals surface area contributed by atoms with Crippen LogP contribution in [0.5, 0.6) is 0 Å². The molecule has 136 valence electrons. The fraction of sp³-hybridized carbons (Fsp3) is 0.824. The summed E-state index contributed by atoms with van der Waals surface area (Å²) in [7, 11) is 0. The summed E-state index contributed by atoms with van der Waals surface area (Å²) >= 11 is 0. The smallest absolute Gasteiger partial charge is 0.191 e. The van der Waals surface area contributed by atoms with Gasteiger partial charge in [0, 0.05) is 44.7 Å². The van der Waals surface area contributed by atoms with Crippen LogP contribution in [0.3, 0.4) is 0 Å². The molecule has 0 bridgehead atoms. The van der Waals surface area contributed by atoms with E-state index in [2.05, 4.69) is 69.9 Å². The fourth-order valence-electron chi connectivity index (χ4n) is 3.24. The molecule has 1 aliphatic rings. The second kappa shape index (κ2) is 9.01. The van der Waals surface area contributed by atoms with Crippen LogP contribution in [0.2, 0.25) is 0 Å². The molecule has 2 rings (SSSR count). The molecule has 7 heteroatoms. The Hall–Kier alpha value is -1.63. The van der Waals surface area contributed by atoms with Gasteiger partial charge in [-0.25, -0.2) is 4.99 Å². The first-order valence-corrected chi connectivity index (χ1v) is 9.21. The third kappa shape index (κ3) is 4.93. The van der Waals surface area contributed by atoms with Crippen molar-refractivity contribution in [2.45, 2.75) is 72.6 Å². The van der Waals surface area contributed by atoms with E-state index in [-0.39, 0.29) is 0 Å². The first kappa shape index (κ1) is 18.7. The lowest BCUT2D eigenvalue weighted by Crippen LogP contribution is -2.45. The lowest BCUT2D eigenvalue weighted by molar-refractivity contribution is 0.178. The van der Waals surface area contributed by atoms with E-state index in [9.17, 15) is 0 Å². The Bertz CT molecular complexity index is 525. The van der Waals surface area contributed by atoms with E-state index in [0.29, 0.717) is 18.6 Å². The first-order valence-electron chi connectivity index (χ1n) is 9.21. The van der Waals surface area contributed by atoms with Gasteiger partial charge in [-0.3, -0.25) is 4.90 Å². The van der Waals surface area contributed by atoms with E-state index in [1.54, 1.807) is 0 Å². The summed E-state index contributed by atoms with van der Waals surface area (Å²) in [4.78, 5) is 7.15. The van der Waals surface area contributed by atoms with Crippen LogP contribution in [0, 0.1) is 0 Å². The molecule has 0 unspecified atom stereocenters. The number of hydrogen-bond acceptors (Lipinski definition) is 4. The molecule has 1 aromatic rings. The van der Waals surface area contributed by atoms with Crippen molar-refractivity contribution in [1.29, 1.82) is 0 Å². The number of nitrogens with one attached hydrogen (secondary N) is 2. The molecule has 2 N–H and O–H groups in total. The summed E-state index contributed by atoms with van der Waals surface area (Å²) in [6, 6.07) is 1.09. The molecule has 0 saturated carbocycles. The zero-order valence-corrected chi connectivity index (χ0v) is 15.8. The maximum Gasteiger partial charge on any atom is 0.191 e. The average Bonchev–Trinajstić information content (AvgIpc) is 3.12. The predicted octanol–water partition coefficient (Wildman–Crippen LogP) is 1.40. The van der Waals surface area contributed by atoms with Gasteiger partial charge >= 0.3 is 0 Å². The lowest BCUT2D eigenvalue weighted by Gasteiger charge is -2.30. The Morgan fingerprint density at radius 1 is 1.21 bits per heavy atom. The Morgan fingerprint density at radius 3 is 2.62 bits per heavy atom. The van der Waals surface area contributed by atoms with Crippen molar-refractivity contribution >= 4 is 5.96 Å². The number of guanidine groups is 1. The summed E-state index contributed by atoms with van der Waals surface area (Å²) in [5.74, 6) is 2.91. The highest BCUT2D eigenvalue weighted by Crippen LogP contribution is 2.14. The summed E-state index contributed by atoms with van der Waals surface area (Å²) in [6.45, 7) is 15.4. The number of rotatable bonds is 8. The van der Waals surface area contributed by atoms with Crippen LogP contribution in [0.15, 0.2) is 4.99 Å². The van der Waals surface area contributed by atoms with Crippen LogP contribution in [0.1, 0.15) is 52.7 Å². The zero-order valence-electron chi connectivity index (χ0n) is 15.8. The summed E-state index contributed by atoms with van der Waals surface area (Å²) in [5, 5.41) is 15.2. The number of aryl methyl sites for hydroxylation is 1. The average molecular weight is 336 g/mol. The van der Waals surface area contributed by atoms with E-state index in [0.717, 1.165) is 50.2 Å². The second-order valence-corrected chi connectivity index (χ2v) is 6.83. The van der Waals surface area contributed by atoms with Gasteiger partial charge < -0.3 is 15.2 Å². The van der Waals surface area contributed by atoms with Crippen molar-refractivity contribution in [3.63, 3.8) is 0 Å². The standard InChI is InChI=1S/C17H33N7/c1-6-18-17(19-9-11-23(13(2)3)14(4)5)20-12-16-22-21-15-8-7-10-24(15)16/h13-14H,6-12H2,1-5H3,(H2,18,19,20). The minimum atomic E-state index is 0.546. The molecule has 0 atom stereocenters. The molecular formula is C17H33N7. The minimum Gasteiger partial charge on any atom is -0.357 e. The Labute approximate surface area is 145 Å². The van der Waals surface area contributed by atoms with Gasteiger partial charge in [-0.15, -0.1) is 10.2 Å². The molecule has 0 spiro atoms. The topological polar surface area (TPSA) is 70.4 Å². The van der Waals surface area contributed by atoms with Crippen molar-refractivity contribution in [1.82, 2.24) is 30.3 Å². The molecule has 0 radical (unpaired) electrons. The van der Waals surface area contributed by atoms with Crippen LogP contribution >= 0.6 is 0 Å². The molecule has 1 aliphatic heterocycles. The number of hydrogen-bond donors (Lipinski definition) is 2. The lowest BCUT2D eigenvalue weighted by atomic mass is 10.2. The van der Waals surface area contributed by atoms with Gasteiger partial charge in [0.25, 0.3) is 0 Å². The quantitative estimate of drug-likeness (QED) is 0.555. The normalized spacial score (nSPS) is 14.8. The third-order valence-electron chi connectivity index (χ3n) is 4.40. The molecular weight excluding hydrogens is 302 g/mol. The van der Waals surface area contributed by atoms with E-state index < -0.39 is 0 Å². The first-order chi connectivity index (χ1) is 11.5. The van der Waals surface area contributed by atoms with Gasteiger partial charge in [0.2, 0.25) is 0 Å². The Balaban J connectivity index is 1.88. The number of fused-ring (bicyclic) bond motifs is 1. The molecule has 0 aromatic carbocycles. The fourth-order valence-corrected chi connectivity index (χ4v) is 3.24. The van der Waals surface area contributed by atoms with Crippen molar-refractivity contribution in [3.8, 4) is 0 Å². The highest BCUT2D eigenvalue weighted by molar-refractivity contribution is 5.79. The molecule has 0 saturated heterocycles. The van der Waals surface area contributed by atoms with Crippen LogP contribution in [0.4, 0.5) is 0 Å². The van der Waals surface area contributed by atoms with Crippen molar-refractivity contribution in [2.75, 3.05) is 19.6 Å². The summed E-state index contributed by atoms with van der Waals surface area (Å²) < 4.78 is 2.20. The van der Waals surface area contributed by atoms with Gasteiger partial charge in [0.1, 0.15) is 12.4 Å². The minimum absolute atomic E-state index is 0.546. The largest absolute Gasteiger partial charge is 0.357 e.